The fourth-order valence-electron chi connectivity index (χ4n) is 3.70. The molecular formula is C11H18N2O. The van der Waals surface area contributed by atoms with Crippen LogP contribution in [0.3, 0.4) is 0 Å². The van der Waals surface area contributed by atoms with Gasteiger partial charge in [0.05, 0.1) is 11.8 Å². The van der Waals surface area contributed by atoms with Crippen molar-refractivity contribution in [2.45, 2.75) is 38.1 Å². The lowest BCUT2D eigenvalue weighted by Crippen LogP contribution is -2.43. The van der Waals surface area contributed by atoms with Crippen molar-refractivity contribution in [3.63, 3.8) is 0 Å². The molecule has 3 fully saturated rings. The zero-order valence-corrected chi connectivity index (χ0v) is 8.52. The summed E-state index contributed by atoms with van der Waals surface area (Å²) in [4.78, 5) is 2.54. The lowest BCUT2D eigenvalue weighted by atomic mass is 9.92. The Hall–Kier alpha value is -0.570. The first-order chi connectivity index (χ1) is 6.90. The first-order valence-corrected chi connectivity index (χ1v) is 5.86. The minimum Gasteiger partial charge on any atom is -0.411 e. The average molecular weight is 194 g/mol. The fraction of sp³-hybridized carbons (Fsp3) is 0.909. The van der Waals surface area contributed by atoms with Gasteiger partial charge in [-0.2, -0.15) is 0 Å². The summed E-state index contributed by atoms with van der Waals surface area (Å²) in [6, 6.07) is 0.501. The quantitative estimate of drug-likeness (QED) is 0.509. The summed E-state index contributed by atoms with van der Waals surface area (Å²) in [7, 11) is 0. The van der Waals surface area contributed by atoms with Crippen molar-refractivity contribution in [3.05, 3.63) is 0 Å². The van der Waals surface area contributed by atoms with Crippen LogP contribution in [0.5, 0.6) is 0 Å². The van der Waals surface area contributed by atoms with E-state index in [0.29, 0.717) is 12.0 Å². The first-order valence-electron chi connectivity index (χ1n) is 5.86. The van der Waals surface area contributed by atoms with Crippen molar-refractivity contribution in [2.24, 2.45) is 17.0 Å². The highest BCUT2D eigenvalue weighted by Gasteiger charge is 2.48. The molecule has 2 aliphatic carbocycles. The maximum absolute atomic E-state index is 9.08. The Morgan fingerprint density at radius 1 is 1.21 bits per heavy atom. The third kappa shape index (κ3) is 1.11. The van der Waals surface area contributed by atoms with Crippen LogP contribution in [0.15, 0.2) is 5.16 Å². The molecule has 78 valence electrons. The Kier molecular flexibility index (Phi) is 2.01. The van der Waals surface area contributed by atoms with Gasteiger partial charge in [0.2, 0.25) is 0 Å². The van der Waals surface area contributed by atoms with Crippen LogP contribution in [-0.2, 0) is 0 Å². The van der Waals surface area contributed by atoms with Crippen molar-refractivity contribution in [3.8, 4) is 0 Å². The molecule has 3 rings (SSSR count). The Bertz CT molecular complexity index is 258. The van der Waals surface area contributed by atoms with E-state index in [4.69, 9.17) is 5.21 Å². The molecule has 2 saturated carbocycles. The third-order valence-electron chi connectivity index (χ3n) is 4.29. The van der Waals surface area contributed by atoms with Crippen molar-refractivity contribution in [2.75, 3.05) is 13.1 Å². The molecule has 0 radical (unpaired) electrons. The minimum atomic E-state index is 0.501. The van der Waals surface area contributed by atoms with E-state index in [9.17, 15) is 0 Å². The minimum absolute atomic E-state index is 0.501. The van der Waals surface area contributed by atoms with Crippen LogP contribution in [0.4, 0.5) is 0 Å². The van der Waals surface area contributed by atoms with Gasteiger partial charge >= 0.3 is 0 Å². The van der Waals surface area contributed by atoms with E-state index >= 15 is 0 Å². The van der Waals surface area contributed by atoms with Crippen molar-refractivity contribution in [1.82, 2.24) is 4.90 Å². The molecule has 14 heavy (non-hydrogen) atoms. The number of hydrogen-bond acceptors (Lipinski definition) is 3. The lowest BCUT2D eigenvalue weighted by molar-refractivity contribution is 0.230. The summed E-state index contributed by atoms with van der Waals surface area (Å²) in [5.41, 5.74) is 1.10. The van der Waals surface area contributed by atoms with E-state index < -0.39 is 0 Å². The van der Waals surface area contributed by atoms with Gasteiger partial charge < -0.3 is 5.21 Å². The second-order valence-electron chi connectivity index (χ2n) is 4.98. The molecule has 2 bridgehead atoms. The molecule has 0 spiro atoms. The van der Waals surface area contributed by atoms with Gasteiger partial charge in [-0.25, -0.2) is 0 Å². The van der Waals surface area contributed by atoms with Crippen LogP contribution < -0.4 is 0 Å². The molecule has 0 unspecified atom stereocenters. The van der Waals surface area contributed by atoms with Gasteiger partial charge in [-0.15, -0.1) is 0 Å². The second kappa shape index (κ2) is 3.23. The van der Waals surface area contributed by atoms with Gasteiger partial charge in [-0.05, 0) is 51.1 Å². The Morgan fingerprint density at radius 2 is 2.00 bits per heavy atom. The van der Waals surface area contributed by atoms with Gasteiger partial charge in [0.15, 0.2) is 0 Å². The molecule has 3 nitrogen and oxygen atoms in total. The molecule has 0 aromatic heterocycles. The van der Waals surface area contributed by atoms with E-state index in [1.165, 1.54) is 45.2 Å². The van der Waals surface area contributed by atoms with Gasteiger partial charge in [-0.3, -0.25) is 4.90 Å². The predicted octanol–water partition coefficient (Wildman–Crippen LogP) is 1.71. The number of rotatable bonds is 1. The summed E-state index contributed by atoms with van der Waals surface area (Å²) >= 11 is 0. The predicted molar refractivity (Wildman–Crippen MR) is 54.6 cm³/mol. The number of nitrogens with zero attached hydrogens (tertiary/aromatic N) is 2. The van der Waals surface area contributed by atoms with Crippen LogP contribution in [0, 0.1) is 11.8 Å². The molecule has 0 amide bonds. The maximum Gasteiger partial charge on any atom is 0.0775 e. The van der Waals surface area contributed by atoms with Crippen LogP contribution in [0.1, 0.15) is 32.1 Å². The van der Waals surface area contributed by atoms with Crippen molar-refractivity contribution < 1.29 is 5.21 Å². The molecule has 1 N–H and O–H groups in total. The second-order valence-corrected chi connectivity index (χ2v) is 4.98. The van der Waals surface area contributed by atoms with Gasteiger partial charge in [0.1, 0.15) is 0 Å². The monoisotopic (exact) mass is 194 g/mol. The topological polar surface area (TPSA) is 35.8 Å². The van der Waals surface area contributed by atoms with Crippen LogP contribution in [0.2, 0.25) is 0 Å². The maximum atomic E-state index is 9.08. The zero-order valence-electron chi connectivity index (χ0n) is 8.52. The molecule has 3 heteroatoms. The number of fused-ring (bicyclic) bond motifs is 2. The zero-order chi connectivity index (χ0) is 9.54. The van der Waals surface area contributed by atoms with Crippen molar-refractivity contribution in [1.29, 1.82) is 0 Å². The number of hydrogen-bond donors (Lipinski definition) is 1. The van der Waals surface area contributed by atoms with Gasteiger partial charge in [0.25, 0.3) is 0 Å². The highest BCUT2D eigenvalue weighted by molar-refractivity contribution is 5.94. The fourth-order valence-corrected chi connectivity index (χ4v) is 3.70. The normalized spacial score (nSPS) is 45.4. The largest absolute Gasteiger partial charge is 0.411 e. The summed E-state index contributed by atoms with van der Waals surface area (Å²) < 4.78 is 0. The first kappa shape index (κ1) is 8.72. The molecule has 3 aliphatic rings. The van der Waals surface area contributed by atoms with E-state index in [1.54, 1.807) is 0 Å². The van der Waals surface area contributed by atoms with Gasteiger partial charge in [0, 0.05) is 5.92 Å². The smallest absolute Gasteiger partial charge is 0.0775 e. The van der Waals surface area contributed by atoms with E-state index in [-0.39, 0.29) is 0 Å². The lowest BCUT2D eigenvalue weighted by Gasteiger charge is -2.31. The molecule has 0 aromatic rings. The number of oxime groups is 1. The molecule has 1 aliphatic heterocycles. The molecule has 1 saturated heterocycles. The highest BCUT2D eigenvalue weighted by Crippen LogP contribution is 2.45. The Labute approximate surface area is 84.8 Å². The van der Waals surface area contributed by atoms with Gasteiger partial charge in [-0.1, -0.05) is 5.16 Å². The summed E-state index contributed by atoms with van der Waals surface area (Å²) in [6.07, 6.45) is 6.54. The summed E-state index contributed by atoms with van der Waals surface area (Å²) in [5.74, 6) is 1.40. The van der Waals surface area contributed by atoms with E-state index in [1.807, 2.05) is 0 Å². The summed E-state index contributed by atoms with van der Waals surface area (Å²) in [5, 5.41) is 12.7. The third-order valence-corrected chi connectivity index (χ3v) is 4.29. The Morgan fingerprint density at radius 3 is 2.71 bits per heavy atom. The molecule has 1 heterocycles. The molecular weight excluding hydrogens is 176 g/mol. The summed E-state index contributed by atoms with van der Waals surface area (Å²) in [6.45, 7) is 2.43. The van der Waals surface area contributed by atoms with Crippen LogP contribution in [-0.4, -0.2) is 35.0 Å². The number of likely N-dealkylation sites (tertiary alicyclic amines) is 1. The average Bonchev–Trinajstić information content (AvgIpc) is 2.92. The van der Waals surface area contributed by atoms with Crippen molar-refractivity contribution >= 4 is 5.71 Å². The van der Waals surface area contributed by atoms with E-state index in [2.05, 4.69) is 10.1 Å². The molecule has 0 aromatic carbocycles. The highest BCUT2D eigenvalue weighted by atomic mass is 16.4. The van der Waals surface area contributed by atoms with Crippen LogP contribution >= 0.6 is 0 Å². The Balaban J connectivity index is 1.83. The van der Waals surface area contributed by atoms with Crippen LogP contribution in [0.25, 0.3) is 0 Å². The SMILES string of the molecule is O/N=C1/[C@H]2CC[C@@H](C2)[C@@H]1N1CCCC1. The molecule has 3 atom stereocenters. The van der Waals surface area contributed by atoms with E-state index in [0.717, 1.165) is 11.6 Å². The standard InChI is InChI=1S/C11H18N2O/c14-12-10-8-3-4-9(7-8)11(10)13-5-1-2-6-13/h8-9,11,14H,1-7H2/b12-10-/t8-,9-,11-/m0/s1.